The second kappa shape index (κ2) is 7.93. The van der Waals surface area contributed by atoms with Crippen molar-refractivity contribution in [1.29, 1.82) is 0 Å². The third-order valence-electron chi connectivity index (χ3n) is 5.29. The third kappa shape index (κ3) is 4.16. The van der Waals surface area contributed by atoms with E-state index in [9.17, 15) is 22.8 Å². The fourth-order valence-electron chi connectivity index (χ4n) is 3.35. The molecule has 0 bridgehead atoms. The van der Waals surface area contributed by atoms with E-state index >= 15 is 0 Å². The summed E-state index contributed by atoms with van der Waals surface area (Å²) in [6.45, 7) is 1.74. The topological polar surface area (TPSA) is 74.8 Å². The number of pyridine rings is 1. The first-order chi connectivity index (χ1) is 14.3. The zero-order chi connectivity index (χ0) is 21.5. The summed E-state index contributed by atoms with van der Waals surface area (Å²) >= 11 is 0.852. The second-order valence-corrected chi connectivity index (χ2v) is 8.31. The molecule has 1 aliphatic heterocycles. The van der Waals surface area contributed by atoms with Crippen LogP contribution in [0.3, 0.4) is 0 Å². The maximum atomic E-state index is 13.7. The van der Waals surface area contributed by atoms with E-state index in [1.54, 1.807) is 9.80 Å². The van der Waals surface area contributed by atoms with Crippen molar-refractivity contribution in [3.05, 3.63) is 22.6 Å². The van der Waals surface area contributed by atoms with Gasteiger partial charge in [-0.15, -0.1) is 11.3 Å². The van der Waals surface area contributed by atoms with Crippen LogP contribution in [0.1, 0.15) is 28.8 Å². The molecule has 11 heteroatoms. The maximum Gasteiger partial charge on any atom is 0.417 e. The molecule has 7 nitrogen and oxygen atoms in total. The number of carbonyl (C=O) groups excluding carboxylic acids is 2. The Morgan fingerprint density at radius 3 is 2.57 bits per heavy atom. The summed E-state index contributed by atoms with van der Waals surface area (Å²) in [5.74, 6) is 0.124. The van der Waals surface area contributed by atoms with Crippen LogP contribution in [0.4, 0.5) is 23.8 Å². The molecule has 2 aliphatic rings. The number of aromatic nitrogens is 1. The summed E-state index contributed by atoms with van der Waals surface area (Å²) in [5.41, 5.74) is -0.656. The molecule has 2 fully saturated rings. The van der Waals surface area contributed by atoms with Gasteiger partial charge in [0.1, 0.15) is 5.82 Å². The van der Waals surface area contributed by atoms with Crippen molar-refractivity contribution >= 4 is 39.4 Å². The van der Waals surface area contributed by atoms with Gasteiger partial charge in [-0.05, 0) is 24.8 Å². The summed E-state index contributed by atoms with van der Waals surface area (Å²) in [4.78, 5) is 31.8. The smallest absolute Gasteiger partial charge is 0.417 e. The zero-order valence-corrected chi connectivity index (χ0v) is 17.1. The molecule has 3 heterocycles. The van der Waals surface area contributed by atoms with Gasteiger partial charge in [0.15, 0.2) is 0 Å². The first-order valence-corrected chi connectivity index (χ1v) is 10.5. The molecule has 4 rings (SSSR count). The lowest BCUT2D eigenvalue weighted by Gasteiger charge is -2.35. The number of nitrogens with zero attached hydrogens (tertiary/aromatic N) is 3. The average molecular weight is 442 g/mol. The Morgan fingerprint density at radius 1 is 1.27 bits per heavy atom. The van der Waals surface area contributed by atoms with Crippen molar-refractivity contribution < 1.29 is 27.5 Å². The zero-order valence-electron chi connectivity index (χ0n) is 16.3. The number of piperazine rings is 1. The van der Waals surface area contributed by atoms with Crippen LogP contribution in [0, 0.1) is 5.92 Å². The van der Waals surface area contributed by atoms with Crippen molar-refractivity contribution in [3.8, 4) is 0 Å². The molecular formula is C19H21F3N4O3S. The molecule has 2 amide bonds. The van der Waals surface area contributed by atoms with Crippen LogP contribution in [0.25, 0.3) is 10.2 Å². The average Bonchev–Trinajstić information content (AvgIpc) is 3.47. The molecule has 0 unspecified atom stereocenters. The van der Waals surface area contributed by atoms with Crippen LogP contribution in [-0.2, 0) is 10.9 Å². The first-order valence-electron chi connectivity index (χ1n) is 9.66. The van der Waals surface area contributed by atoms with Crippen molar-refractivity contribution in [2.75, 3.05) is 44.7 Å². The minimum Gasteiger partial charge on any atom is -0.449 e. The number of hydrogen-bond acceptors (Lipinski definition) is 6. The third-order valence-corrected chi connectivity index (χ3v) is 6.29. The van der Waals surface area contributed by atoms with E-state index < -0.39 is 17.6 Å². The number of hydrogen-bond donors (Lipinski definition) is 1. The van der Waals surface area contributed by atoms with Crippen LogP contribution < -0.4 is 10.2 Å². The Labute approximate surface area is 174 Å². The SMILES string of the molecule is CNC(=O)c1csc2c(C(F)(F)F)cc(N3CCN(C(=O)OCC4CC4)CC3)nc12. The van der Waals surface area contributed by atoms with E-state index in [1.165, 1.54) is 12.4 Å². The molecule has 1 N–H and O–H groups in total. The number of nitrogens with one attached hydrogen (secondary N) is 1. The van der Waals surface area contributed by atoms with Crippen molar-refractivity contribution in [2.24, 2.45) is 5.92 Å². The summed E-state index contributed by atoms with van der Waals surface area (Å²) in [6.07, 6.45) is -2.80. The quantitative estimate of drug-likeness (QED) is 0.786. The maximum absolute atomic E-state index is 13.7. The first kappa shape index (κ1) is 20.7. The molecule has 0 radical (unpaired) electrons. The van der Waals surface area contributed by atoms with Gasteiger partial charge in [0.25, 0.3) is 5.91 Å². The van der Waals surface area contributed by atoms with Crippen molar-refractivity contribution in [3.63, 3.8) is 0 Å². The molecule has 2 aromatic heterocycles. The molecule has 162 valence electrons. The highest BCUT2D eigenvalue weighted by molar-refractivity contribution is 7.17. The van der Waals surface area contributed by atoms with Gasteiger partial charge >= 0.3 is 12.3 Å². The Hall–Kier alpha value is -2.56. The number of alkyl halides is 3. The fourth-order valence-corrected chi connectivity index (χ4v) is 4.37. The number of fused-ring (bicyclic) bond motifs is 1. The molecule has 0 spiro atoms. The molecule has 0 atom stereocenters. The van der Waals surface area contributed by atoms with Gasteiger partial charge in [0.2, 0.25) is 0 Å². The molecular weight excluding hydrogens is 421 g/mol. The number of carbonyl (C=O) groups is 2. The normalized spacial score (nSPS) is 17.3. The van der Waals surface area contributed by atoms with Crippen molar-refractivity contribution in [2.45, 2.75) is 19.0 Å². The van der Waals surface area contributed by atoms with Gasteiger partial charge in [-0.3, -0.25) is 4.79 Å². The Bertz CT molecular complexity index is 966. The molecule has 2 aromatic rings. The largest absolute Gasteiger partial charge is 0.449 e. The fraction of sp³-hybridized carbons (Fsp3) is 0.526. The monoisotopic (exact) mass is 442 g/mol. The second-order valence-electron chi connectivity index (χ2n) is 7.43. The molecule has 30 heavy (non-hydrogen) atoms. The highest BCUT2D eigenvalue weighted by Crippen LogP contribution is 2.40. The van der Waals surface area contributed by atoms with Crippen LogP contribution in [0.15, 0.2) is 11.4 Å². The van der Waals surface area contributed by atoms with Crippen LogP contribution in [-0.4, -0.2) is 61.7 Å². The predicted octanol–water partition coefficient (Wildman–Crippen LogP) is 3.34. The summed E-state index contributed by atoms with van der Waals surface area (Å²) in [6, 6.07) is 1.02. The van der Waals surface area contributed by atoms with Crippen LogP contribution in [0.2, 0.25) is 0 Å². The predicted molar refractivity (Wildman–Crippen MR) is 106 cm³/mol. The minimum absolute atomic E-state index is 0.0375. The molecule has 1 saturated heterocycles. The Kier molecular flexibility index (Phi) is 5.48. The van der Waals surface area contributed by atoms with Gasteiger partial charge in [0.05, 0.1) is 28.0 Å². The van der Waals surface area contributed by atoms with E-state index in [2.05, 4.69) is 10.3 Å². The van der Waals surface area contributed by atoms with E-state index in [4.69, 9.17) is 4.74 Å². The number of rotatable bonds is 4. The standard InChI is InChI=1S/C19H21F3N4O3S/c1-23-17(27)12-10-30-16-13(19(20,21)22)8-14(24-15(12)16)25-4-6-26(7-5-25)18(28)29-9-11-2-3-11/h8,10-11H,2-7,9H2,1H3,(H,23,27). The van der Waals surface area contributed by atoms with E-state index in [1.807, 2.05) is 0 Å². The Morgan fingerprint density at radius 2 is 1.97 bits per heavy atom. The summed E-state index contributed by atoms with van der Waals surface area (Å²) in [5, 5.41) is 3.83. The van der Waals surface area contributed by atoms with Gasteiger partial charge in [-0.2, -0.15) is 13.2 Å². The lowest BCUT2D eigenvalue weighted by atomic mass is 10.1. The number of thiophene rings is 1. The number of anilines is 1. The number of ether oxygens (including phenoxy) is 1. The highest BCUT2D eigenvalue weighted by atomic mass is 32.1. The highest BCUT2D eigenvalue weighted by Gasteiger charge is 2.36. The van der Waals surface area contributed by atoms with Gasteiger partial charge < -0.3 is 19.9 Å². The number of halogens is 3. The molecule has 1 saturated carbocycles. The van der Waals surface area contributed by atoms with Gasteiger partial charge in [-0.25, -0.2) is 9.78 Å². The minimum atomic E-state index is -4.57. The summed E-state index contributed by atoms with van der Waals surface area (Å²) < 4.78 is 46.2. The Balaban J connectivity index is 1.56. The molecule has 0 aromatic carbocycles. The van der Waals surface area contributed by atoms with Crippen molar-refractivity contribution in [1.82, 2.24) is 15.2 Å². The summed E-state index contributed by atoms with van der Waals surface area (Å²) in [7, 11) is 1.42. The lowest BCUT2D eigenvalue weighted by molar-refractivity contribution is -0.136. The van der Waals surface area contributed by atoms with E-state index in [0.29, 0.717) is 38.7 Å². The van der Waals surface area contributed by atoms with Gasteiger partial charge in [0, 0.05) is 38.6 Å². The number of amides is 2. The van der Waals surface area contributed by atoms with Crippen LogP contribution in [0.5, 0.6) is 0 Å². The van der Waals surface area contributed by atoms with Gasteiger partial charge in [-0.1, -0.05) is 0 Å². The van der Waals surface area contributed by atoms with E-state index in [-0.39, 0.29) is 27.7 Å². The van der Waals surface area contributed by atoms with Crippen LogP contribution >= 0.6 is 11.3 Å². The van der Waals surface area contributed by atoms with E-state index in [0.717, 1.165) is 30.2 Å². The lowest BCUT2D eigenvalue weighted by Crippen LogP contribution is -2.49. The molecule has 1 aliphatic carbocycles.